The number of carboxylic acid groups (broad SMARTS) is 1. The van der Waals surface area contributed by atoms with Crippen LogP contribution in [-0.4, -0.2) is 51.1 Å². The number of rotatable bonds is 7. The predicted molar refractivity (Wildman–Crippen MR) is 124 cm³/mol. The Kier molecular flexibility index (Phi) is 6.31. The SMILES string of the molecule is O=C(O)CNC(=O)CC1SC(=N/N=C/c2c(-c3ccccc3)[nH]c3ccccc23)NC1=O. The molecule has 10 heteroatoms. The van der Waals surface area contributed by atoms with E-state index in [2.05, 4.69) is 25.8 Å². The van der Waals surface area contributed by atoms with Crippen LogP contribution in [0.4, 0.5) is 0 Å². The number of aliphatic carboxylic acids is 1. The van der Waals surface area contributed by atoms with Gasteiger partial charge in [-0.3, -0.25) is 14.4 Å². The van der Waals surface area contributed by atoms with E-state index in [0.29, 0.717) is 0 Å². The molecule has 1 saturated heterocycles. The highest BCUT2D eigenvalue weighted by Gasteiger charge is 2.32. The Labute approximate surface area is 187 Å². The van der Waals surface area contributed by atoms with Gasteiger partial charge >= 0.3 is 5.97 Å². The third-order valence-electron chi connectivity index (χ3n) is 4.73. The van der Waals surface area contributed by atoms with Gasteiger partial charge in [0.2, 0.25) is 11.8 Å². The number of amides is 2. The number of hydrogen-bond donors (Lipinski definition) is 4. The molecule has 0 bridgehead atoms. The number of H-pyrrole nitrogens is 1. The van der Waals surface area contributed by atoms with Crippen LogP contribution in [0.1, 0.15) is 12.0 Å². The monoisotopic (exact) mass is 449 g/mol. The van der Waals surface area contributed by atoms with Gasteiger partial charge in [0.1, 0.15) is 11.8 Å². The van der Waals surface area contributed by atoms with Gasteiger partial charge in [-0.25, -0.2) is 0 Å². The molecule has 32 heavy (non-hydrogen) atoms. The molecule has 0 saturated carbocycles. The Morgan fingerprint density at radius 3 is 2.66 bits per heavy atom. The van der Waals surface area contributed by atoms with Crippen molar-refractivity contribution >= 4 is 51.8 Å². The van der Waals surface area contributed by atoms with Gasteiger partial charge in [-0.05, 0) is 11.6 Å². The van der Waals surface area contributed by atoms with E-state index in [4.69, 9.17) is 5.11 Å². The minimum Gasteiger partial charge on any atom is -0.480 e. The molecule has 0 radical (unpaired) electrons. The van der Waals surface area contributed by atoms with Gasteiger partial charge in [-0.2, -0.15) is 5.10 Å². The van der Waals surface area contributed by atoms with E-state index in [1.54, 1.807) is 6.21 Å². The molecule has 2 aromatic carbocycles. The quantitative estimate of drug-likeness (QED) is 0.324. The van der Waals surface area contributed by atoms with E-state index in [9.17, 15) is 14.4 Å². The van der Waals surface area contributed by atoms with Gasteiger partial charge in [0.25, 0.3) is 0 Å². The Balaban J connectivity index is 1.51. The molecule has 1 atom stereocenters. The lowest BCUT2D eigenvalue weighted by Crippen LogP contribution is -2.33. The number of carboxylic acids is 1. The summed E-state index contributed by atoms with van der Waals surface area (Å²) in [6.07, 6.45) is 1.49. The van der Waals surface area contributed by atoms with Gasteiger partial charge in [-0.1, -0.05) is 60.3 Å². The lowest BCUT2D eigenvalue weighted by Gasteiger charge is -2.04. The first-order chi connectivity index (χ1) is 15.5. The second-order valence-corrected chi connectivity index (χ2v) is 8.14. The highest BCUT2D eigenvalue weighted by molar-refractivity contribution is 8.15. The lowest BCUT2D eigenvalue weighted by atomic mass is 10.1. The molecule has 2 amide bonds. The van der Waals surface area contributed by atoms with Crippen LogP contribution in [0.2, 0.25) is 0 Å². The van der Waals surface area contributed by atoms with Crippen molar-refractivity contribution in [1.82, 2.24) is 15.6 Å². The van der Waals surface area contributed by atoms with Crippen molar-refractivity contribution in [3.05, 3.63) is 60.2 Å². The zero-order valence-electron chi connectivity index (χ0n) is 16.7. The fourth-order valence-electron chi connectivity index (χ4n) is 3.27. The van der Waals surface area contributed by atoms with Crippen molar-refractivity contribution < 1.29 is 19.5 Å². The second-order valence-electron chi connectivity index (χ2n) is 6.95. The minimum absolute atomic E-state index is 0.146. The fourth-order valence-corrected chi connectivity index (χ4v) is 4.19. The minimum atomic E-state index is -1.15. The van der Waals surface area contributed by atoms with Crippen molar-refractivity contribution in [2.45, 2.75) is 11.7 Å². The van der Waals surface area contributed by atoms with Crippen LogP contribution in [0.3, 0.4) is 0 Å². The number of aromatic amines is 1. The third kappa shape index (κ3) is 4.86. The smallest absolute Gasteiger partial charge is 0.322 e. The number of carbonyl (C=O) groups is 3. The largest absolute Gasteiger partial charge is 0.480 e. The highest BCUT2D eigenvalue weighted by Crippen LogP contribution is 2.29. The van der Waals surface area contributed by atoms with Crippen molar-refractivity contribution in [1.29, 1.82) is 0 Å². The molecule has 1 aromatic heterocycles. The second kappa shape index (κ2) is 9.48. The standard InChI is InChI=1S/C22H19N5O4S/c28-18(23-12-19(29)30)10-17-21(31)26-22(32-17)27-24-11-15-14-8-4-5-9-16(14)25-20(15)13-6-2-1-3-7-13/h1-9,11,17,25H,10,12H2,(H,23,28)(H,29,30)(H,26,27,31)/b24-11+. The highest BCUT2D eigenvalue weighted by atomic mass is 32.2. The molecule has 4 rings (SSSR count). The summed E-state index contributed by atoms with van der Waals surface area (Å²) in [4.78, 5) is 37.8. The molecule has 1 fully saturated rings. The van der Waals surface area contributed by atoms with E-state index in [1.165, 1.54) is 0 Å². The summed E-state index contributed by atoms with van der Waals surface area (Å²) in [7, 11) is 0. The molecule has 0 spiro atoms. The summed E-state index contributed by atoms with van der Waals surface area (Å²) in [5.41, 5.74) is 3.76. The van der Waals surface area contributed by atoms with Gasteiger partial charge in [0, 0.05) is 22.9 Å². The molecule has 9 nitrogen and oxygen atoms in total. The zero-order chi connectivity index (χ0) is 22.5. The Morgan fingerprint density at radius 1 is 1.12 bits per heavy atom. The van der Waals surface area contributed by atoms with E-state index < -0.39 is 23.7 Å². The molecule has 3 aromatic rings. The van der Waals surface area contributed by atoms with Crippen LogP contribution in [-0.2, 0) is 14.4 Å². The van der Waals surface area contributed by atoms with Crippen LogP contribution >= 0.6 is 11.8 Å². The summed E-state index contributed by atoms with van der Waals surface area (Å²) < 4.78 is 0. The van der Waals surface area contributed by atoms with Gasteiger partial charge in [0.05, 0.1) is 11.9 Å². The summed E-state index contributed by atoms with van der Waals surface area (Å²) in [6, 6.07) is 17.7. The Morgan fingerprint density at radius 2 is 1.88 bits per heavy atom. The number of amidine groups is 1. The number of thioether (sulfide) groups is 1. The molecule has 4 N–H and O–H groups in total. The fraction of sp³-hybridized carbons (Fsp3) is 0.136. The van der Waals surface area contributed by atoms with Crippen LogP contribution in [0.5, 0.6) is 0 Å². The molecule has 1 unspecified atom stereocenters. The Hall–Kier alpha value is -3.92. The maximum absolute atomic E-state index is 12.1. The molecule has 0 aliphatic carbocycles. The van der Waals surface area contributed by atoms with Crippen LogP contribution < -0.4 is 10.6 Å². The number of carbonyl (C=O) groups excluding carboxylic acids is 2. The third-order valence-corrected chi connectivity index (χ3v) is 5.80. The molecule has 1 aliphatic heterocycles. The zero-order valence-corrected chi connectivity index (χ0v) is 17.6. The predicted octanol–water partition coefficient (Wildman–Crippen LogP) is 2.35. The number of fused-ring (bicyclic) bond motifs is 1. The molecular formula is C22H19N5O4S. The number of nitrogens with one attached hydrogen (secondary N) is 3. The summed E-state index contributed by atoms with van der Waals surface area (Å²) in [6.45, 7) is -0.489. The van der Waals surface area contributed by atoms with Crippen molar-refractivity contribution in [3.63, 3.8) is 0 Å². The van der Waals surface area contributed by atoms with Crippen LogP contribution in [0.15, 0.2) is 64.8 Å². The summed E-state index contributed by atoms with van der Waals surface area (Å²) in [5, 5.41) is 22.3. The Bertz CT molecular complexity index is 1240. The molecule has 162 valence electrons. The van der Waals surface area contributed by atoms with Crippen molar-refractivity contribution in [2.24, 2.45) is 10.2 Å². The molecule has 1 aliphatic rings. The van der Waals surface area contributed by atoms with E-state index in [1.807, 2.05) is 54.6 Å². The van der Waals surface area contributed by atoms with Gasteiger partial charge in [-0.15, -0.1) is 5.10 Å². The average Bonchev–Trinajstić information content (AvgIpc) is 3.33. The number of benzene rings is 2. The van der Waals surface area contributed by atoms with E-state index >= 15 is 0 Å². The number of nitrogens with zero attached hydrogens (tertiary/aromatic N) is 2. The first-order valence-electron chi connectivity index (χ1n) is 9.74. The van der Waals surface area contributed by atoms with Crippen LogP contribution in [0, 0.1) is 0 Å². The maximum atomic E-state index is 12.1. The van der Waals surface area contributed by atoms with Crippen molar-refractivity contribution in [2.75, 3.05) is 6.54 Å². The number of aromatic nitrogens is 1. The van der Waals surface area contributed by atoms with E-state index in [-0.39, 0.29) is 17.5 Å². The average molecular weight is 449 g/mol. The van der Waals surface area contributed by atoms with Crippen LogP contribution in [0.25, 0.3) is 22.2 Å². The van der Waals surface area contributed by atoms with E-state index in [0.717, 1.165) is 39.5 Å². The summed E-state index contributed by atoms with van der Waals surface area (Å²) >= 11 is 1.08. The maximum Gasteiger partial charge on any atom is 0.322 e. The molecule has 2 heterocycles. The topological polar surface area (TPSA) is 136 Å². The molecular weight excluding hydrogens is 430 g/mol. The van der Waals surface area contributed by atoms with Gasteiger partial charge in [0.15, 0.2) is 5.17 Å². The normalized spacial score (nSPS) is 17.2. The lowest BCUT2D eigenvalue weighted by molar-refractivity contribution is -0.137. The first-order valence-corrected chi connectivity index (χ1v) is 10.6. The summed E-state index contributed by atoms with van der Waals surface area (Å²) in [5.74, 6) is -2.03. The van der Waals surface area contributed by atoms with Gasteiger partial charge < -0.3 is 20.7 Å². The number of hydrogen-bond acceptors (Lipinski definition) is 6. The number of para-hydroxylation sites is 1. The first kappa shape index (κ1) is 21.3. The van der Waals surface area contributed by atoms with Crippen molar-refractivity contribution in [3.8, 4) is 11.3 Å².